The first-order valence-electron chi connectivity index (χ1n) is 8.03. The molecule has 142 valence electrons. The summed E-state index contributed by atoms with van der Waals surface area (Å²) in [7, 11) is 1.33. The average Bonchev–Trinajstić information content (AvgIpc) is 3.34. The van der Waals surface area contributed by atoms with Crippen molar-refractivity contribution >= 4 is 17.2 Å². The Bertz CT molecular complexity index is 830. The lowest BCUT2D eigenvalue weighted by atomic mass is 10.1. The summed E-state index contributed by atoms with van der Waals surface area (Å²) in [5, 5.41) is 1.93. The Hall–Kier alpha value is -2.87. The highest BCUT2D eigenvalue weighted by Gasteiger charge is 2.21. The SMILES string of the molecule is COc1cc(C(=O)N(Cc2ccco2)Cc2cccs2)ccc1OC(F)F. The van der Waals surface area contributed by atoms with Gasteiger partial charge in [-0.2, -0.15) is 8.78 Å². The van der Waals surface area contributed by atoms with Crippen molar-refractivity contribution in [2.24, 2.45) is 0 Å². The molecule has 0 radical (unpaired) electrons. The van der Waals surface area contributed by atoms with Crippen molar-refractivity contribution in [3.63, 3.8) is 0 Å². The number of methoxy groups -OCH3 is 1. The Morgan fingerprint density at radius 1 is 1.19 bits per heavy atom. The summed E-state index contributed by atoms with van der Waals surface area (Å²) < 4.78 is 39.8. The molecule has 0 unspecified atom stereocenters. The van der Waals surface area contributed by atoms with E-state index in [0.717, 1.165) is 4.88 Å². The molecule has 2 heterocycles. The van der Waals surface area contributed by atoms with Gasteiger partial charge in [0.15, 0.2) is 11.5 Å². The van der Waals surface area contributed by atoms with Crippen molar-refractivity contribution in [1.82, 2.24) is 4.90 Å². The van der Waals surface area contributed by atoms with Gasteiger partial charge < -0.3 is 18.8 Å². The van der Waals surface area contributed by atoms with E-state index >= 15 is 0 Å². The van der Waals surface area contributed by atoms with Gasteiger partial charge in [0.2, 0.25) is 0 Å². The van der Waals surface area contributed by atoms with Gasteiger partial charge in [0.05, 0.1) is 26.5 Å². The highest BCUT2D eigenvalue weighted by atomic mass is 32.1. The maximum absolute atomic E-state index is 13.0. The predicted molar refractivity (Wildman–Crippen MR) is 96.2 cm³/mol. The van der Waals surface area contributed by atoms with E-state index in [1.807, 2.05) is 17.5 Å². The lowest BCUT2D eigenvalue weighted by Gasteiger charge is -2.22. The van der Waals surface area contributed by atoms with Gasteiger partial charge >= 0.3 is 6.61 Å². The van der Waals surface area contributed by atoms with Crippen LogP contribution in [0.5, 0.6) is 11.5 Å². The third-order valence-electron chi connectivity index (χ3n) is 3.77. The maximum atomic E-state index is 13.0. The molecular weight excluding hydrogens is 376 g/mol. The minimum Gasteiger partial charge on any atom is -0.493 e. The fourth-order valence-corrected chi connectivity index (χ4v) is 3.28. The van der Waals surface area contributed by atoms with Crippen molar-refractivity contribution < 1.29 is 27.5 Å². The smallest absolute Gasteiger partial charge is 0.387 e. The van der Waals surface area contributed by atoms with Gasteiger partial charge in [-0.1, -0.05) is 6.07 Å². The average molecular weight is 393 g/mol. The minimum absolute atomic E-state index is 0.0650. The van der Waals surface area contributed by atoms with Gasteiger partial charge in [-0.05, 0) is 41.8 Å². The quantitative estimate of drug-likeness (QED) is 0.552. The second-order valence-electron chi connectivity index (χ2n) is 5.56. The molecule has 0 bridgehead atoms. The summed E-state index contributed by atoms with van der Waals surface area (Å²) >= 11 is 1.54. The van der Waals surface area contributed by atoms with E-state index in [1.54, 1.807) is 34.6 Å². The second kappa shape index (κ2) is 8.68. The molecule has 0 spiro atoms. The number of hydrogen-bond acceptors (Lipinski definition) is 5. The highest BCUT2D eigenvalue weighted by Crippen LogP contribution is 2.30. The lowest BCUT2D eigenvalue weighted by molar-refractivity contribution is -0.0512. The van der Waals surface area contributed by atoms with Gasteiger partial charge in [-0.25, -0.2) is 0 Å². The number of furan rings is 1. The van der Waals surface area contributed by atoms with E-state index in [4.69, 9.17) is 9.15 Å². The number of halogens is 2. The number of amides is 1. The zero-order valence-corrected chi connectivity index (χ0v) is 15.2. The van der Waals surface area contributed by atoms with Crippen molar-refractivity contribution in [3.8, 4) is 11.5 Å². The van der Waals surface area contributed by atoms with E-state index in [2.05, 4.69) is 4.74 Å². The van der Waals surface area contributed by atoms with Crippen LogP contribution >= 0.6 is 11.3 Å². The van der Waals surface area contributed by atoms with Crippen LogP contribution < -0.4 is 9.47 Å². The molecule has 5 nitrogen and oxygen atoms in total. The Morgan fingerprint density at radius 3 is 2.67 bits per heavy atom. The van der Waals surface area contributed by atoms with Gasteiger partial charge in [0, 0.05) is 10.4 Å². The van der Waals surface area contributed by atoms with Gasteiger partial charge in [-0.15, -0.1) is 11.3 Å². The van der Waals surface area contributed by atoms with Crippen LogP contribution in [-0.4, -0.2) is 24.5 Å². The number of ether oxygens (including phenoxy) is 2. The Balaban J connectivity index is 1.86. The molecule has 27 heavy (non-hydrogen) atoms. The summed E-state index contributed by atoms with van der Waals surface area (Å²) in [5.41, 5.74) is 0.302. The van der Waals surface area contributed by atoms with Crippen LogP contribution in [0.15, 0.2) is 58.5 Å². The number of benzene rings is 1. The van der Waals surface area contributed by atoms with E-state index in [-0.39, 0.29) is 24.0 Å². The summed E-state index contributed by atoms with van der Waals surface area (Å²) in [4.78, 5) is 15.7. The fraction of sp³-hybridized carbons (Fsp3) is 0.211. The second-order valence-corrected chi connectivity index (χ2v) is 6.60. The summed E-state index contributed by atoms with van der Waals surface area (Å²) in [6.45, 7) is -2.30. The van der Waals surface area contributed by atoms with Crippen LogP contribution in [0.1, 0.15) is 21.0 Å². The molecule has 0 aliphatic rings. The summed E-state index contributed by atoms with van der Waals surface area (Å²) in [5.74, 6) is 0.307. The number of carbonyl (C=O) groups excluding carboxylic acids is 1. The van der Waals surface area contributed by atoms with Gasteiger partial charge in [-0.3, -0.25) is 4.79 Å². The Kier molecular flexibility index (Phi) is 6.08. The minimum atomic E-state index is -2.98. The summed E-state index contributed by atoms with van der Waals surface area (Å²) in [6.07, 6.45) is 1.54. The van der Waals surface area contributed by atoms with Crippen LogP contribution in [0.2, 0.25) is 0 Å². The van der Waals surface area contributed by atoms with Gasteiger partial charge in [0.25, 0.3) is 5.91 Å². The lowest BCUT2D eigenvalue weighted by Crippen LogP contribution is -2.29. The summed E-state index contributed by atoms with van der Waals surface area (Å²) in [6, 6.07) is 11.5. The van der Waals surface area contributed by atoms with Crippen LogP contribution in [0.4, 0.5) is 8.78 Å². The van der Waals surface area contributed by atoms with Crippen LogP contribution in [0.3, 0.4) is 0 Å². The van der Waals surface area contributed by atoms with E-state index in [0.29, 0.717) is 17.9 Å². The topological polar surface area (TPSA) is 51.9 Å². The fourth-order valence-electron chi connectivity index (χ4n) is 2.56. The Morgan fingerprint density at radius 2 is 2.04 bits per heavy atom. The molecule has 0 aliphatic carbocycles. The number of alkyl halides is 2. The van der Waals surface area contributed by atoms with Crippen molar-refractivity contribution in [2.45, 2.75) is 19.7 Å². The van der Waals surface area contributed by atoms with Crippen molar-refractivity contribution in [2.75, 3.05) is 7.11 Å². The van der Waals surface area contributed by atoms with E-state index in [1.165, 1.54) is 25.3 Å². The normalized spacial score (nSPS) is 10.8. The molecule has 3 rings (SSSR count). The number of carbonyl (C=O) groups is 1. The molecule has 2 aromatic heterocycles. The molecule has 0 saturated carbocycles. The predicted octanol–water partition coefficient (Wildman–Crippen LogP) is 4.79. The monoisotopic (exact) mass is 393 g/mol. The zero-order chi connectivity index (χ0) is 19.2. The first kappa shape index (κ1) is 18.9. The molecule has 3 aromatic rings. The zero-order valence-electron chi connectivity index (χ0n) is 14.4. The molecule has 0 aliphatic heterocycles. The molecule has 0 N–H and O–H groups in total. The molecule has 0 atom stereocenters. The van der Waals surface area contributed by atoms with E-state index < -0.39 is 6.61 Å². The third kappa shape index (κ3) is 4.85. The molecule has 1 aromatic carbocycles. The largest absolute Gasteiger partial charge is 0.493 e. The Labute approximate surface area is 158 Å². The van der Waals surface area contributed by atoms with Gasteiger partial charge in [0.1, 0.15) is 5.76 Å². The number of hydrogen-bond donors (Lipinski definition) is 0. The molecule has 0 saturated heterocycles. The maximum Gasteiger partial charge on any atom is 0.387 e. The van der Waals surface area contributed by atoms with Crippen LogP contribution in [0, 0.1) is 0 Å². The van der Waals surface area contributed by atoms with Crippen molar-refractivity contribution in [3.05, 3.63) is 70.3 Å². The van der Waals surface area contributed by atoms with E-state index in [9.17, 15) is 13.6 Å². The molecule has 0 fully saturated rings. The highest BCUT2D eigenvalue weighted by molar-refractivity contribution is 7.09. The molecular formula is C19H17F2NO4S. The number of rotatable bonds is 8. The third-order valence-corrected chi connectivity index (χ3v) is 4.63. The first-order valence-corrected chi connectivity index (χ1v) is 8.91. The first-order chi connectivity index (χ1) is 13.1. The van der Waals surface area contributed by atoms with Crippen LogP contribution in [-0.2, 0) is 13.1 Å². The number of nitrogens with zero attached hydrogens (tertiary/aromatic N) is 1. The van der Waals surface area contributed by atoms with Crippen molar-refractivity contribution in [1.29, 1.82) is 0 Å². The molecule has 1 amide bonds. The van der Waals surface area contributed by atoms with Crippen LogP contribution in [0.25, 0.3) is 0 Å². The standard InChI is InChI=1S/C19H17F2NO4S/c1-24-17-10-13(6-7-16(17)26-19(20)21)18(23)22(11-14-4-2-8-25-14)12-15-5-3-9-27-15/h2-10,19H,11-12H2,1H3. The number of thiophene rings is 1. The molecule has 8 heteroatoms.